The molecule has 0 spiro atoms. The first-order chi connectivity index (χ1) is 24.6. The van der Waals surface area contributed by atoms with Crippen molar-refractivity contribution in [2.24, 2.45) is 0 Å². The molecule has 1 aliphatic heterocycles. The fraction of sp³-hybridized carbons (Fsp3) is 0. The number of para-hydroxylation sites is 3. The van der Waals surface area contributed by atoms with Crippen molar-refractivity contribution in [1.82, 2.24) is 19.9 Å². The van der Waals surface area contributed by atoms with Gasteiger partial charge in [0, 0.05) is 22.3 Å². The number of hydrogen-bond acceptors (Lipinski definition) is 8. The maximum atomic E-state index is 10.6. The summed E-state index contributed by atoms with van der Waals surface area (Å²) < 4.78 is 12.7. The summed E-state index contributed by atoms with van der Waals surface area (Å²) in [6.45, 7) is 0. The van der Waals surface area contributed by atoms with Gasteiger partial charge in [-0.3, -0.25) is 0 Å². The van der Waals surface area contributed by atoms with Crippen molar-refractivity contribution < 1.29 is 9.66 Å². The Morgan fingerprint density at radius 3 is 1.74 bits per heavy atom. The van der Waals surface area contributed by atoms with Crippen molar-refractivity contribution >= 4 is 58.7 Å². The average molecular weight is 703 g/mol. The highest BCUT2D eigenvalue weighted by atomic mass is 32.2. The fourth-order valence-electron chi connectivity index (χ4n) is 6.17. The van der Waals surface area contributed by atoms with Crippen LogP contribution in [-0.2, 0) is 0 Å². The fourth-order valence-corrected chi connectivity index (χ4v) is 9.32. The minimum Gasteiger partial charge on any atom is -0.507 e. The summed E-state index contributed by atoms with van der Waals surface area (Å²) in [6.07, 6.45) is 7.36. The van der Waals surface area contributed by atoms with E-state index in [2.05, 4.69) is 76.7 Å². The molecule has 6 nitrogen and oxygen atoms in total. The van der Waals surface area contributed by atoms with Crippen LogP contribution in [0.15, 0.2) is 145 Å². The number of allylic oxidation sites excluding steroid dienone is 3. The predicted molar refractivity (Wildman–Crippen MR) is 210 cm³/mol. The first-order valence-corrected chi connectivity index (χ1v) is 18.7. The standard InChI is InChI=1S/C41H26N4O2S3/c46-34-16-2-1-13-31(34)40-44-38-29(14-7-17-35(38)48-40)25-9-5-11-27(21-25)32-23-33(43-24-42-32)28-12-6-10-26(22-28)30-15-8-18-36-39(30)45-41(49-36)37-19-3-4-20-50(37)47/h1-24,46-47H. The Kier molecular flexibility index (Phi) is 7.74. The van der Waals surface area contributed by atoms with Crippen LogP contribution in [-0.4, -0.2) is 34.5 Å². The van der Waals surface area contributed by atoms with Crippen molar-refractivity contribution in [2.45, 2.75) is 0 Å². The van der Waals surface area contributed by atoms with Crippen LogP contribution in [0.25, 0.3) is 75.8 Å². The molecule has 0 radical (unpaired) electrons. The molecule has 9 rings (SSSR count). The van der Waals surface area contributed by atoms with Gasteiger partial charge in [0.1, 0.15) is 22.1 Å². The number of thiazole rings is 2. The minimum atomic E-state index is -0.958. The van der Waals surface area contributed by atoms with Gasteiger partial charge in [-0.25, -0.2) is 19.9 Å². The SMILES string of the molecule is Oc1ccccc1-c1nc2c(-c3cccc(-c4cc(-c5cccc(-c6cccc7sc(C8=S(O)C=CC=C8)nc67)c5)ncn4)c3)cccc2s1. The van der Waals surface area contributed by atoms with E-state index in [1.54, 1.807) is 40.5 Å². The Morgan fingerprint density at radius 2 is 1.10 bits per heavy atom. The zero-order valence-corrected chi connectivity index (χ0v) is 28.7. The maximum Gasteiger partial charge on any atom is 0.132 e. The van der Waals surface area contributed by atoms with E-state index in [1.165, 1.54) is 0 Å². The number of aromatic nitrogens is 4. The number of rotatable bonds is 6. The lowest BCUT2D eigenvalue weighted by Gasteiger charge is -2.09. The van der Waals surface area contributed by atoms with E-state index in [0.717, 1.165) is 85.6 Å². The maximum absolute atomic E-state index is 10.6. The van der Waals surface area contributed by atoms with Gasteiger partial charge < -0.3 is 9.66 Å². The van der Waals surface area contributed by atoms with Crippen LogP contribution in [0, 0.1) is 0 Å². The summed E-state index contributed by atoms with van der Waals surface area (Å²) in [4.78, 5) is 20.1. The first-order valence-electron chi connectivity index (χ1n) is 15.8. The number of phenols is 1. The van der Waals surface area contributed by atoms with Crippen molar-refractivity contribution in [3.8, 4) is 61.1 Å². The molecular formula is C41H26N4O2S3. The largest absolute Gasteiger partial charge is 0.507 e. The highest BCUT2D eigenvalue weighted by Crippen LogP contribution is 2.40. The van der Waals surface area contributed by atoms with Gasteiger partial charge in [-0.05, 0) is 75.8 Å². The molecule has 0 fully saturated rings. The van der Waals surface area contributed by atoms with Crippen LogP contribution < -0.4 is 0 Å². The molecule has 9 heteroatoms. The molecule has 2 N–H and O–H groups in total. The lowest BCUT2D eigenvalue weighted by Crippen LogP contribution is -1.97. The molecule has 0 saturated heterocycles. The van der Waals surface area contributed by atoms with E-state index < -0.39 is 10.8 Å². The number of hydrogen-bond donors (Lipinski definition) is 2. The molecule has 0 amide bonds. The lowest BCUT2D eigenvalue weighted by atomic mass is 9.99. The molecule has 50 heavy (non-hydrogen) atoms. The van der Waals surface area contributed by atoms with E-state index in [9.17, 15) is 9.66 Å². The predicted octanol–water partition coefficient (Wildman–Crippen LogP) is 11.1. The van der Waals surface area contributed by atoms with Crippen LogP contribution >= 0.6 is 33.4 Å². The second-order valence-electron chi connectivity index (χ2n) is 11.7. The lowest BCUT2D eigenvalue weighted by molar-refractivity contribution is 0.477. The molecule has 0 aliphatic carbocycles. The number of fused-ring (bicyclic) bond motifs is 2. The van der Waals surface area contributed by atoms with Crippen LogP contribution in [0.2, 0.25) is 0 Å². The van der Waals surface area contributed by atoms with Gasteiger partial charge >= 0.3 is 0 Å². The van der Waals surface area contributed by atoms with E-state index in [0.29, 0.717) is 0 Å². The molecule has 3 aromatic heterocycles. The smallest absolute Gasteiger partial charge is 0.132 e. The molecule has 0 saturated carbocycles. The third-order valence-electron chi connectivity index (χ3n) is 8.58. The Bertz CT molecular complexity index is 2710. The van der Waals surface area contributed by atoms with Gasteiger partial charge in [-0.2, -0.15) is 0 Å². The normalized spacial score (nSPS) is 14.2. The summed E-state index contributed by atoms with van der Waals surface area (Å²) >= 11 is 3.17. The van der Waals surface area contributed by atoms with Gasteiger partial charge in [0.05, 0.1) is 42.2 Å². The van der Waals surface area contributed by atoms with E-state index in [4.69, 9.17) is 9.97 Å². The first kappa shape index (κ1) is 30.5. The number of benzene rings is 5. The zero-order chi connectivity index (χ0) is 33.6. The van der Waals surface area contributed by atoms with Crippen molar-refractivity contribution in [3.63, 3.8) is 0 Å². The topological polar surface area (TPSA) is 92.0 Å². The van der Waals surface area contributed by atoms with Crippen molar-refractivity contribution in [3.05, 3.63) is 150 Å². The summed E-state index contributed by atoms with van der Waals surface area (Å²) in [5, 5.41) is 13.9. The molecule has 5 aromatic carbocycles. The van der Waals surface area contributed by atoms with Gasteiger partial charge in [-0.15, -0.1) is 22.7 Å². The Morgan fingerprint density at radius 1 is 0.540 bits per heavy atom. The highest BCUT2D eigenvalue weighted by Gasteiger charge is 2.17. The van der Waals surface area contributed by atoms with E-state index >= 15 is 0 Å². The third kappa shape index (κ3) is 5.56. The summed E-state index contributed by atoms with van der Waals surface area (Å²) in [6, 6.07) is 38.5. The Hall–Kier alpha value is -5.58. The minimum absolute atomic E-state index is 0.222. The Balaban J connectivity index is 1.06. The van der Waals surface area contributed by atoms with Crippen molar-refractivity contribution in [2.75, 3.05) is 0 Å². The summed E-state index contributed by atoms with van der Waals surface area (Å²) in [5.74, 6) is 0.222. The number of nitrogens with zero attached hydrogens (tertiary/aromatic N) is 4. The van der Waals surface area contributed by atoms with Gasteiger partial charge in [0.25, 0.3) is 0 Å². The van der Waals surface area contributed by atoms with Crippen molar-refractivity contribution in [1.29, 1.82) is 0 Å². The van der Waals surface area contributed by atoms with Gasteiger partial charge in [0.15, 0.2) is 0 Å². The van der Waals surface area contributed by atoms with Gasteiger partial charge in [0.2, 0.25) is 0 Å². The van der Waals surface area contributed by atoms with Crippen LogP contribution in [0.4, 0.5) is 0 Å². The summed E-state index contributed by atoms with van der Waals surface area (Å²) in [5.41, 5.74) is 10.3. The summed E-state index contributed by atoms with van der Waals surface area (Å²) in [7, 11) is -0.958. The molecule has 1 atom stereocenters. The molecule has 240 valence electrons. The molecular weight excluding hydrogens is 677 g/mol. The van der Waals surface area contributed by atoms with E-state index in [-0.39, 0.29) is 5.75 Å². The molecule has 0 bridgehead atoms. The number of aromatic hydroxyl groups is 1. The highest BCUT2D eigenvalue weighted by molar-refractivity contribution is 8.14. The number of phenolic OH excluding ortho intramolecular Hbond substituents is 1. The molecule has 4 heterocycles. The molecule has 1 unspecified atom stereocenters. The van der Waals surface area contributed by atoms with Crippen LogP contribution in [0.1, 0.15) is 5.01 Å². The molecule has 1 aliphatic rings. The average Bonchev–Trinajstić information content (AvgIpc) is 3.80. The second kappa shape index (κ2) is 12.7. The van der Waals surface area contributed by atoms with Crippen LogP contribution in [0.3, 0.4) is 0 Å². The zero-order valence-electron chi connectivity index (χ0n) is 26.3. The van der Waals surface area contributed by atoms with Crippen LogP contribution in [0.5, 0.6) is 5.75 Å². The second-order valence-corrected chi connectivity index (χ2v) is 15.1. The monoisotopic (exact) mass is 702 g/mol. The third-order valence-corrected chi connectivity index (χ3v) is 12.0. The quantitative estimate of drug-likeness (QED) is 0.168. The van der Waals surface area contributed by atoms with Gasteiger partial charge in [-0.1, -0.05) is 84.9 Å². The Labute approximate surface area is 298 Å². The molecule has 8 aromatic rings. The van der Waals surface area contributed by atoms with E-state index in [1.807, 2.05) is 60.7 Å².